The molecule has 0 N–H and O–H groups in total. The largest absolute Gasteiger partial charge is 0.309 e. The Bertz CT molecular complexity index is 2830. The van der Waals surface area contributed by atoms with E-state index in [0.717, 1.165) is 16.9 Å². The number of para-hydroxylation sites is 2. The second kappa shape index (κ2) is 11.1. The van der Waals surface area contributed by atoms with Gasteiger partial charge < -0.3 is 4.57 Å². The topological polar surface area (TPSA) is 17.8 Å². The molecule has 0 radical (unpaired) electrons. The van der Waals surface area contributed by atoms with Crippen LogP contribution < -0.4 is 0 Å². The monoisotopic (exact) mass is 652 g/mol. The molecule has 10 aromatic rings. The Labute approximate surface area is 297 Å². The zero-order valence-corrected chi connectivity index (χ0v) is 29.0. The summed E-state index contributed by atoms with van der Waals surface area (Å²) in [5.74, 6) is 0. The summed E-state index contributed by atoms with van der Waals surface area (Å²) >= 11 is 0. The first-order valence-electron chi connectivity index (χ1n) is 17.8. The molecule has 0 unspecified atom stereocenters. The highest BCUT2D eigenvalue weighted by Gasteiger charge is 2.21. The predicted molar refractivity (Wildman–Crippen MR) is 217 cm³/mol. The Morgan fingerprint density at radius 2 is 0.980 bits per heavy atom. The average Bonchev–Trinajstić information content (AvgIpc) is 3.51. The first-order valence-corrected chi connectivity index (χ1v) is 17.8. The average molecular weight is 653 g/mol. The van der Waals surface area contributed by atoms with Gasteiger partial charge in [0.1, 0.15) is 0 Å². The SMILES string of the molecule is CC(C)(C)c1cc2ccc3c(-c4ccc(-c5ccccn5)cc4)cc(-c4ccc(-n5c6ccccc6c6ccccc65)cc4)c4ccc(c1)c2c34. The van der Waals surface area contributed by atoms with E-state index in [2.05, 4.69) is 176 Å². The molecule has 2 heteroatoms. The van der Waals surface area contributed by atoms with E-state index >= 15 is 0 Å². The van der Waals surface area contributed by atoms with Crippen molar-refractivity contribution in [2.75, 3.05) is 0 Å². The van der Waals surface area contributed by atoms with Gasteiger partial charge in [-0.3, -0.25) is 4.98 Å². The van der Waals surface area contributed by atoms with Gasteiger partial charge in [0.25, 0.3) is 0 Å². The number of hydrogen-bond donors (Lipinski definition) is 0. The normalized spacial score (nSPS) is 12.2. The quantitative estimate of drug-likeness (QED) is 0.173. The fourth-order valence-electron chi connectivity index (χ4n) is 8.17. The lowest BCUT2D eigenvalue weighted by molar-refractivity contribution is 0.591. The van der Waals surface area contributed by atoms with Gasteiger partial charge in [-0.15, -0.1) is 0 Å². The molecule has 0 aliphatic rings. The number of hydrogen-bond acceptors (Lipinski definition) is 1. The number of fused-ring (bicyclic) bond motifs is 3. The van der Waals surface area contributed by atoms with Gasteiger partial charge in [0, 0.05) is 28.2 Å². The van der Waals surface area contributed by atoms with Crippen LogP contribution in [0.15, 0.2) is 164 Å². The van der Waals surface area contributed by atoms with Crippen LogP contribution in [-0.4, -0.2) is 9.55 Å². The lowest BCUT2D eigenvalue weighted by atomic mass is 9.81. The van der Waals surface area contributed by atoms with Crippen molar-refractivity contribution in [3.63, 3.8) is 0 Å². The summed E-state index contributed by atoms with van der Waals surface area (Å²) in [6.45, 7) is 6.90. The third kappa shape index (κ3) is 4.67. The Morgan fingerprint density at radius 1 is 0.451 bits per heavy atom. The highest BCUT2D eigenvalue weighted by Crippen LogP contribution is 2.45. The maximum Gasteiger partial charge on any atom is 0.0701 e. The Kier molecular flexibility index (Phi) is 6.47. The number of benzene rings is 8. The molecule has 242 valence electrons. The first kappa shape index (κ1) is 29.6. The minimum absolute atomic E-state index is 0.0637. The maximum atomic E-state index is 4.59. The van der Waals surface area contributed by atoms with Gasteiger partial charge in [-0.25, -0.2) is 0 Å². The van der Waals surface area contributed by atoms with Crippen LogP contribution in [0.25, 0.3) is 93.3 Å². The number of nitrogens with zero attached hydrogens (tertiary/aromatic N) is 2. The van der Waals surface area contributed by atoms with E-state index in [4.69, 9.17) is 0 Å². The van der Waals surface area contributed by atoms with Gasteiger partial charge in [-0.05, 0) is 108 Å². The molecule has 0 aliphatic carbocycles. The molecule has 0 saturated carbocycles. The number of pyridine rings is 1. The second-order valence-corrected chi connectivity index (χ2v) is 14.8. The Balaban J connectivity index is 1.20. The molecule has 0 saturated heterocycles. The smallest absolute Gasteiger partial charge is 0.0701 e. The van der Waals surface area contributed by atoms with Gasteiger partial charge >= 0.3 is 0 Å². The highest BCUT2D eigenvalue weighted by atomic mass is 15.0. The molecular formula is C49H36N2. The third-order valence-corrected chi connectivity index (χ3v) is 10.8. The zero-order chi connectivity index (χ0) is 34.3. The molecule has 0 amide bonds. The summed E-state index contributed by atoms with van der Waals surface area (Å²) in [5.41, 5.74) is 12.0. The van der Waals surface area contributed by atoms with E-state index < -0.39 is 0 Å². The molecular weight excluding hydrogens is 617 g/mol. The van der Waals surface area contributed by atoms with Gasteiger partial charge in [0.05, 0.1) is 16.7 Å². The minimum atomic E-state index is 0.0637. The molecule has 2 heterocycles. The molecule has 10 rings (SSSR count). The minimum Gasteiger partial charge on any atom is -0.309 e. The summed E-state index contributed by atoms with van der Waals surface area (Å²) in [4.78, 5) is 4.59. The highest BCUT2D eigenvalue weighted by molar-refractivity contribution is 6.28. The Hall–Kier alpha value is -6.25. The van der Waals surface area contributed by atoms with Crippen LogP contribution in [-0.2, 0) is 5.41 Å². The van der Waals surface area contributed by atoms with Crippen molar-refractivity contribution in [1.82, 2.24) is 9.55 Å². The van der Waals surface area contributed by atoms with Gasteiger partial charge in [0.15, 0.2) is 0 Å². The maximum absolute atomic E-state index is 4.59. The van der Waals surface area contributed by atoms with Crippen LogP contribution in [0.5, 0.6) is 0 Å². The standard InChI is InChI=1S/C49H36N2/c1-49(2,3)36-28-34-21-25-40-42(31-15-17-33(18-16-31)44-12-8-9-27-50-44)30-43(41-26-22-35(29-36)47(34)48(40)41)32-19-23-37(24-20-32)51-45-13-6-4-10-38(45)39-11-5-7-14-46(39)51/h4-30H,1-3H3. The van der Waals surface area contributed by atoms with Crippen LogP contribution >= 0.6 is 0 Å². The fraction of sp³-hybridized carbons (Fsp3) is 0.0816. The van der Waals surface area contributed by atoms with Crippen LogP contribution in [0.1, 0.15) is 26.3 Å². The van der Waals surface area contributed by atoms with Crippen molar-refractivity contribution in [3.05, 3.63) is 169 Å². The Morgan fingerprint density at radius 3 is 1.53 bits per heavy atom. The first-order chi connectivity index (χ1) is 24.9. The third-order valence-electron chi connectivity index (χ3n) is 10.8. The lowest BCUT2D eigenvalue weighted by Crippen LogP contribution is -2.10. The van der Waals surface area contributed by atoms with Crippen molar-refractivity contribution in [3.8, 4) is 39.2 Å². The molecule has 0 spiro atoms. The van der Waals surface area contributed by atoms with Crippen molar-refractivity contribution in [2.24, 2.45) is 0 Å². The number of rotatable bonds is 4. The van der Waals surface area contributed by atoms with Crippen molar-refractivity contribution in [1.29, 1.82) is 0 Å². The van der Waals surface area contributed by atoms with E-state index in [1.165, 1.54) is 81.9 Å². The van der Waals surface area contributed by atoms with Crippen LogP contribution in [0, 0.1) is 0 Å². The van der Waals surface area contributed by atoms with Gasteiger partial charge in [-0.2, -0.15) is 0 Å². The van der Waals surface area contributed by atoms with Crippen LogP contribution in [0.2, 0.25) is 0 Å². The molecule has 0 atom stereocenters. The lowest BCUT2D eigenvalue weighted by Gasteiger charge is -2.23. The van der Waals surface area contributed by atoms with Crippen molar-refractivity contribution >= 4 is 54.1 Å². The summed E-state index contributed by atoms with van der Waals surface area (Å²) in [7, 11) is 0. The van der Waals surface area contributed by atoms with Crippen molar-refractivity contribution < 1.29 is 0 Å². The zero-order valence-electron chi connectivity index (χ0n) is 29.0. The second-order valence-electron chi connectivity index (χ2n) is 14.8. The van der Waals surface area contributed by atoms with E-state index in [0.29, 0.717) is 0 Å². The molecule has 51 heavy (non-hydrogen) atoms. The molecule has 0 bridgehead atoms. The molecule has 0 fully saturated rings. The fourth-order valence-corrected chi connectivity index (χ4v) is 8.17. The van der Waals surface area contributed by atoms with Crippen LogP contribution in [0.4, 0.5) is 0 Å². The van der Waals surface area contributed by atoms with E-state index in [-0.39, 0.29) is 5.41 Å². The predicted octanol–water partition coefficient (Wildman–Crippen LogP) is 13.4. The van der Waals surface area contributed by atoms with Gasteiger partial charge in [0.2, 0.25) is 0 Å². The molecule has 2 nitrogen and oxygen atoms in total. The summed E-state index contributed by atoms with van der Waals surface area (Å²) in [5, 5.41) is 10.4. The summed E-state index contributed by atoms with van der Waals surface area (Å²) < 4.78 is 2.39. The number of aromatic nitrogens is 2. The molecule has 2 aromatic heterocycles. The van der Waals surface area contributed by atoms with Gasteiger partial charge in [-0.1, -0.05) is 136 Å². The molecule has 8 aromatic carbocycles. The van der Waals surface area contributed by atoms with Crippen LogP contribution in [0.3, 0.4) is 0 Å². The molecule has 0 aliphatic heterocycles. The van der Waals surface area contributed by atoms with Crippen molar-refractivity contribution in [2.45, 2.75) is 26.2 Å². The van der Waals surface area contributed by atoms with E-state index in [1.807, 2.05) is 18.3 Å². The summed E-state index contributed by atoms with van der Waals surface area (Å²) in [6, 6.07) is 58.1. The summed E-state index contributed by atoms with van der Waals surface area (Å²) in [6.07, 6.45) is 1.86. The van der Waals surface area contributed by atoms with E-state index in [1.54, 1.807) is 0 Å². The van der Waals surface area contributed by atoms with E-state index in [9.17, 15) is 0 Å².